The molecule has 5 nitrogen and oxygen atoms in total. The van der Waals surface area contributed by atoms with Gasteiger partial charge in [0.15, 0.2) is 0 Å². The highest BCUT2D eigenvalue weighted by Gasteiger charge is 2.09. The second-order valence-electron chi connectivity index (χ2n) is 5.18. The summed E-state index contributed by atoms with van der Waals surface area (Å²) in [4.78, 5) is 17.8. The van der Waals surface area contributed by atoms with Gasteiger partial charge >= 0.3 is 0 Å². The van der Waals surface area contributed by atoms with Gasteiger partial charge in [0.05, 0.1) is 17.9 Å². The van der Waals surface area contributed by atoms with Crippen LogP contribution in [0.4, 0.5) is 10.1 Å². The van der Waals surface area contributed by atoms with Gasteiger partial charge in [-0.15, -0.1) is 0 Å². The average Bonchev–Trinajstić information content (AvgIpc) is 2.53. The predicted molar refractivity (Wildman–Crippen MR) is 87.3 cm³/mol. The molecule has 1 heterocycles. The number of hydrogen-bond acceptors (Lipinski definition) is 4. The Morgan fingerprint density at radius 1 is 1.30 bits per heavy atom. The maximum absolute atomic E-state index is 13.9. The molecule has 122 valence electrons. The summed E-state index contributed by atoms with van der Waals surface area (Å²) < 4.78 is 19.1. The van der Waals surface area contributed by atoms with Crippen molar-refractivity contribution < 1.29 is 13.9 Å². The van der Waals surface area contributed by atoms with Gasteiger partial charge in [-0.25, -0.2) is 9.37 Å². The monoisotopic (exact) mass is 317 g/mol. The quantitative estimate of drug-likeness (QED) is 0.890. The van der Waals surface area contributed by atoms with Gasteiger partial charge in [-0.05, 0) is 30.7 Å². The SMILES string of the molecule is CCOc1ccc(C(=O)NCc2ccc(N(C)C)c(F)c2)cn1. The van der Waals surface area contributed by atoms with E-state index in [1.165, 1.54) is 12.3 Å². The lowest BCUT2D eigenvalue weighted by atomic mass is 10.2. The maximum Gasteiger partial charge on any atom is 0.253 e. The number of pyridine rings is 1. The lowest BCUT2D eigenvalue weighted by molar-refractivity contribution is 0.0950. The lowest BCUT2D eigenvalue weighted by Crippen LogP contribution is -2.23. The fourth-order valence-corrected chi connectivity index (χ4v) is 2.06. The smallest absolute Gasteiger partial charge is 0.253 e. The number of ether oxygens (including phenoxy) is 1. The van der Waals surface area contributed by atoms with E-state index in [-0.39, 0.29) is 18.3 Å². The minimum Gasteiger partial charge on any atom is -0.478 e. The van der Waals surface area contributed by atoms with E-state index >= 15 is 0 Å². The highest BCUT2D eigenvalue weighted by atomic mass is 19.1. The highest BCUT2D eigenvalue weighted by molar-refractivity contribution is 5.93. The molecule has 0 bridgehead atoms. The fraction of sp³-hybridized carbons (Fsp3) is 0.294. The van der Waals surface area contributed by atoms with Gasteiger partial charge < -0.3 is 15.0 Å². The first-order valence-corrected chi connectivity index (χ1v) is 7.34. The molecule has 2 rings (SSSR count). The van der Waals surface area contributed by atoms with E-state index in [1.807, 2.05) is 6.92 Å². The molecular weight excluding hydrogens is 297 g/mol. The zero-order chi connectivity index (χ0) is 16.8. The zero-order valence-electron chi connectivity index (χ0n) is 13.5. The van der Waals surface area contributed by atoms with E-state index in [4.69, 9.17) is 4.74 Å². The molecule has 0 aliphatic heterocycles. The Balaban J connectivity index is 1.97. The number of halogens is 1. The number of nitrogens with one attached hydrogen (secondary N) is 1. The first kappa shape index (κ1) is 16.7. The van der Waals surface area contributed by atoms with E-state index < -0.39 is 0 Å². The van der Waals surface area contributed by atoms with Crippen LogP contribution >= 0.6 is 0 Å². The van der Waals surface area contributed by atoms with Crippen LogP contribution in [0.25, 0.3) is 0 Å². The number of aromatic nitrogens is 1. The van der Waals surface area contributed by atoms with E-state index in [9.17, 15) is 9.18 Å². The molecule has 0 radical (unpaired) electrons. The summed E-state index contributed by atoms with van der Waals surface area (Å²) in [6.07, 6.45) is 1.45. The van der Waals surface area contributed by atoms with E-state index in [0.717, 1.165) is 0 Å². The Hall–Kier alpha value is -2.63. The number of carbonyl (C=O) groups excluding carboxylic acids is 1. The molecule has 0 unspecified atom stereocenters. The Morgan fingerprint density at radius 3 is 2.65 bits per heavy atom. The van der Waals surface area contributed by atoms with Crippen LogP contribution < -0.4 is 15.0 Å². The maximum atomic E-state index is 13.9. The molecule has 0 saturated heterocycles. The third-order valence-corrected chi connectivity index (χ3v) is 3.24. The summed E-state index contributed by atoms with van der Waals surface area (Å²) in [5.41, 5.74) is 1.63. The molecule has 23 heavy (non-hydrogen) atoms. The molecule has 0 aliphatic carbocycles. The largest absolute Gasteiger partial charge is 0.478 e. The zero-order valence-corrected chi connectivity index (χ0v) is 13.5. The molecular formula is C17H20FN3O2. The predicted octanol–water partition coefficient (Wildman–Crippen LogP) is 2.62. The van der Waals surface area contributed by atoms with Crippen molar-refractivity contribution in [1.82, 2.24) is 10.3 Å². The van der Waals surface area contributed by atoms with Crippen molar-refractivity contribution in [2.75, 3.05) is 25.6 Å². The van der Waals surface area contributed by atoms with Gasteiger partial charge in [0.25, 0.3) is 5.91 Å². The third-order valence-electron chi connectivity index (χ3n) is 3.24. The van der Waals surface area contributed by atoms with Gasteiger partial charge in [0, 0.05) is 32.9 Å². The molecule has 1 aromatic heterocycles. The van der Waals surface area contributed by atoms with Crippen molar-refractivity contribution in [1.29, 1.82) is 0 Å². The van der Waals surface area contributed by atoms with E-state index in [0.29, 0.717) is 29.3 Å². The summed E-state index contributed by atoms with van der Waals surface area (Å²) in [6.45, 7) is 2.63. The molecule has 1 amide bonds. The minimum atomic E-state index is -0.315. The molecule has 0 saturated carbocycles. The van der Waals surface area contributed by atoms with Gasteiger partial charge in [0.2, 0.25) is 5.88 Å². The minimum absolute atomic E-state index is 0.247. The molecule has 0 aliphatic rings. The summed E-state index contributed by atoms with van der Waals surface area (Å²) in [5.74, 6) is -0.104. The van der Waals surface area contributed by atoms with E-state index in [2.05, 4.69) is 10.3 Å². The summed E-state index contributed by atoms with van der Waals surface area (Å²) in [5, 5.41) is 2.74. The van der Waals surface area contributed by atoms with Crippen molar-refractivity contribution in [3.63, 3.8) is 0 Å². The van der Waals surface area contributed by atoms with Crippen molar-refractivity contribution in [2.45, 2.75) is 13.5 Å². The Morgan fingerprint density at radius 2 is 2.09 bits per heavy atom. The molecule has 1 N–H and O–H groups in total. The van der Waals surface area contributed by atoms with Crippen LogP contribution in [0.3, 0.4) is 0 Å². The number of rotatable bonds is 6. The summed E-state index contributed by atoms with van der Waals surface area (Å²) in [6, 6.07) is 8.18. The molecule has 0 spiro atoms. The van der Waals surface area contributed by atoms with Gasteiger partial charge in [-0.3, -0.25) is 4.79 Å². The third kappa shape index (κ3) is 4.42. The van der Waals surface area contributed by atoms with Crippen LogP contribution in [0, 0.1) is 5.82 Å². The molecule has 6 heteroatoms. The number of benzene rings is 1. The number of nitrogens with zero attached hydrogens (tertiary/aromatic N) is 2. The van der Waals surface area contributed by atoms with Gasteiger partial charge in [-0.1, -0.05) is 6.07 Å². The van der Waals surface area contributed by atoms with E-state index in [1.54, 1.807) is 43.3 Å². The standard InChI is InChI=1S/C17H20FN3O2/c1-4-23-16-8-6-13(11-19-16)17(22)20-10-12-5-7-15(21(2)3)14(18)9-12/h5-9,11H,4,10H2,1-3H3,(H,20,22). The average molecular weight is 317 g/mol. The topological polar surface area (TPSA) is 54.5 Å². The summed E-state index contributed by atoms with van der Waals surface area (Å²) >= 11 is 0. The fourth-order valence-electron chi connectivity index (χ4n) is 2.06. The van der Waals surface area contributed by atoms with Crippen molar-refractivity contribution in [3.05, 3.63) is 53.5 Å². The molecule has 0 fully saturated rings. The number of carbonyl (C=O) groups is 1. The Labute approximate surface area is 135 Å². The Bertz CT molecular complexity index is 672. The Kier molecular flexibility index (Phi) is 5.51. The van der Waals surface area contributed by atoms with Crippen LogP contribution in [0.1, 0.15) is 22.8 Å². The van der Waals surface area contributed by atoms with Crippen LogP contribution in [-0.4, -0.2) is 31.6 Å². The first-order chi connectivity index (χ1) is 11.0. The lowest BCUT2D eigenvalue weighted by Gasteiger charge is -2.14. The van der Waals surface area contributed by atoms with Crippen LogP contribution in [0.2, 0.25) is 0 Å². The molecule has 2 aromatic rings. The normalized spacial score (nSPS) is 10.3. The van der Waals surface area contributed by atoms with Crippen molar-refractivity contribution in [3.8, 4) is 5.88 Å². The molecule has 1 aromatic carbocycles. The van der Waals surface area contributed by atoms with Gasteiger partial charge in [-0.2, -0.15) is 0 Å². The van der Waals surface area contributed by atoms with Crippen LogP contribution in [-0.2, 0) is 6.54 Å². The first-order valence-electron chi connectivity index (χ1n) is 7.34. The molecule has 0 atom stereocenters. The summed E-state index contributed by atoms with van der Waals surface area (Å²) in [7, 11) is 3.55. The van der Waals surface area contributed by atoms with Crippen molar-refractivity contribution >= 4 is 11.6 Å². The van der Waals surface area contributed by atoms with Gasteiger partial charge in [0.1, 0.15) is 5.82 Å². The van der Waals surface area contributed by atoms with Crippen LogP contribution in [0.15, 0.2) is 36.5 Å². The second kappa shape index (κ2) is 7.58. The number of hydrogen-bond donors (Lipinski definition) is 1. The van der Waals surface area contributed by atoms with Crippen molar-refractivity contribution in [2.24, 2.45) is 0 Å². The number of anilines is 1. The second-order valence-corrected chi connectivity index (χ2v) is 5.18. The highest BCUT2D eigenvalue weighted by Crippen LogP contribution is 2.18. The van der Waals surface area contributed by atoms with Crippen LogP contribution in [0.5, 0.6) is 5.88 Å². The number of amides is 1.